The van der Waals surface area contributed by atoms with Crippen molar-refractivity contribution in [3.63, 3.8) is 0 Å². The van der Waals surface area contributed by atoms with Gasteiger partial charge in [0, 0.05) is 24.5 Å². The summed E-state index contributed by atoms with van der Waals surface area (Å²) in [6.07, 6.45) is -4.63. The first-order chi connectivity index (χ1) is 15.7. The molecule has 3 aromatic carbocycles. The molecule has 0 aliphatic carbocycles. The number of nitrogens with zero attached hydrogens (tertiary/aromatic N) is 1. The molecule has 0 spiro atoms. The molecular weight excluding hydrogens is 440 g/mol. The number of halogens is 4. The minimum atomic E-state index is -4.63. The number of hydrogen-bond acceptors (Lipinski definition) is 2. The van der Waals surface area contributed by atoms with Crippen LogP contribution in [0.3, 0.4) is 0 Å². The average molecular weight is 460 g/mol. The topological polar surface area (TPSA) is 73.5 Å². The summed E-state index contributed by atoms with van der Waals surface area (Å²) < 4.78 is 52.6. The van der Waals surface area contributed by atoms with Gasteiger partial charge in [-0.2, -0.15) is 13.2 Å². The van der Waals surface area contributed by atoms with Gasteiger partial charge in [-0.25, -0.2) is 14.0 Å². The number of benzene rings is 3. The predicted molar refractivity (Wildman–Crippen MR) is 118 cm³/mol. The Balaban J connectivity index is 1.65. The van der Waals surface area contributed by atoms with Crippen LogP contribution in [0.15, 0.2) is 78.9 Å². The summed E-state index contributed by atoms with van der Waals surface area (Å²) in [6, 6.07) is 17.0. The third kappa shape index (κ3) is 6.70. The molecule has 0 aliphatic heterocycles. The molecule has 0 bridgehead atoms. The van der Waals surface area contributed by atoms with Crippen LogP contribution in [0.4, 0.5) is 44.2 Å². The van der Waals surface area contributed by atoms with Crippen LogP contribution in [0.5, 0.6) is 0 Å². The van der Waals surface area contributed by atoms with Crippen LogP contribution in [-0.2, 0) is 6.18 Å². The van der Waals surface area contributed by atoms with Crippen molar-refractivity contribution in [1.82, 2.24) is 5.32 Å². The molecule has 0 aromatic heterocycles. The van der Waals surface area contributed by atoms with Gasteiger partial charge in [-0.1, -0.05) is 30.3 Å². The molecule has 3 N–H and O–H groups in total. The Bertz CT molecular complexity index is 1090. The van der Waals surface area contributed by atoms with Crippen molar-refractivity contribution in [3.05, 3.63) is 90.2 Å². The van der Waals surface area contributed by atoms with E-state index in [0.717, 1.165) is 12.1 Å². The molecule has 0 saturated heterocycles. The maximum absolute atomic E-state index is 13.3. The Morgan fingerprint density at radius 1 is 0.818 bits per heavy atom. The molecule has 0 unspecified atom stereocenters. The second-order valence-electron chi connectivity index (χ2n) is 6.85. The zero-order valence-corrected chi connectivity index (χ0v) is 17.2. The predicted octanol–water partition coefficient (Wildman–Crippen LogP) is 5.70. The van der Waals surface area contributed by atoms with Crippen molar-refractivity contribution >= 4 is 29.1 Å². The Morgan fingerprint density at radius 3 is 2.12 bits per heavy atom. The smallest absolute Gasteiger partial charge is 0.336 e. The van der Waals surface area contributed by atoms with Crippen LogP contribution >= 0.6 is 0 Å². The highest BCUT2D eigenvalue weighted by molar-refractivity contribution is 6.01. The molecule has 33 heavy (non-hydrogen) atoms. The summed E-state index contributed by atoms with van der Waals surface area (Å²) in [4.78, 5) is 26.2. The van der Waals surface area contributed by atoms with Crippen LogP contribution in [-0.4, -0.2) is 25.2 Å². The van der Waals surface area contributed by atoms with Gasteiger partial charge in [-0.3, -0.25) is 4.90 Å². The molecule has 3 rings (SSSR count). The maximum Gasteiger partial charge on any atom is 0.418 e. The molecule has 0 heterocycles. The van der Waals surface area contributed by atoms with Crippen molar-refractivity contribution in [2.75, 3.05) is 28.6 Å². The van der Waals surface area contributed by atoms with E-state index in [4.69, 9.17) is 0 Å². The van der Waals surface area contributed by atoms with E-state index in [1.54, 1.807) is 30.3 Å². The number of alkyl halides is 3. The van der Waals surface area contributed by atoms with Crippen LogP contribution in [0.1, 0.15) is 5.56 Å². The Morgan fingerprint density at radius 2 is 1.45 bits per heavy atom. The summed E-state index contributed by atoms with van der Waals surface area (Å²) in [6.45, 7) is -0.113. The molecular formula is C23H20F4N4O2. The molecule has 10 heteroatoms. The van der Waals surface area contributed by atoms with Crippen LogP contribution < -0.4 is 20.9 Å². The number of amides is 4. The van der Waals surface area contributed by atoms with Gasteiger partial charge in [0.2, 0.25) is 0 Å². The first-order valence-corrected chi connectivity index (χ1v) is 9.84. The summed E-state index contributed by atoms with van der Waals surface area (Å²) in [7, 11) is 0. The Kier molecular flexibility index (Phi) is 7.50. The summed E-state index contributed by atoms with van der Waals surface area (Å²) >= 11 is 0. The lowest BCUT2D eigenvalue weighted by molar-refractivity contribution is -0.136. The molecule has 3 aromatic rings. The molecule has 0 radical (unpaired) electrons. The van der Waals surface area contributed by atoms with Crippen molar-refractivity contribution in [3.8, 4) is 0 Å². The van der Waals surface area contributed by atoms with E-state index in [9.17, 15) is 27.2 Å². The zero-order chi connectivity index (χ0) is 23.8. The number of nitrogens with one attached hydrogen (secondary N) is 3. The van der Waals surface area contributed by atoms with E-state index in [2.05, 4.69) is 16.0 Å². The van der Waals surface area contributed by atoms with Gasteiger partial charge >= 0.3 is 18.2 Å². The zero-order valence-electron chi connectivity index (χ0n) is 17.2. The van der Waals surface area contributed by atoms with Gasteiger partial charge in [-0.15, -0.1) is 0 Å². The molecule has 172 valence electrons. The highest BCUT2D eigenvalue weighted by Gasteiger charge is 2.33. The van der Waals surface area contributed by atoms with Crippen LogP contribution in [0.25, 0.3) is 0 Å². The van der Waals surface area contributed by atoms with Gasteiger partial charge in [0.1, 0.15) is 5.82 Å². The summed E-state index contributed by atoms with van der Waals surface area (Å²) in [5.74, 6) is -0.483. The van der Waals surface area contributed by atoms with Gasteiger partial charge < -0.3 is 16.0 Å². The van der Waals surface area contributed by atoms with E-state index < -0.39 is 29.6 Å². The van der Waals surface area contributed by atoms with E-state index in [-0.39, 0.29) is 18.8 Å². The first kappa shape index (κ1) is 23.6. The van der Waals surface area contributed by atoms with Gasteiger partial charge in [0.25, 0.3) is 0 Å². The fourth-order valence-corrected chi connectivity index (χ4v) is 2.97. The van der Waals surface area contributed by atoms with E-state index >= 15 is 0 Å². The number of hydrogen-bond donors (Lipinski definition) is 3. The Hall–Kier alpha value is -4.08. The standard InChI is InChI=1S/C23H20F4N4O2/c24-16-10-12-18(13-11-16)31(22(33)29-17-6-2-1-3-7-17)15-14-28-21(32)30-20-9-5-4-8-19(20)23(25,26)27/h1-13H,14-15H2,(H,29,33)(H2,28,30,32). The third-order valence-electron chi connectivity index (χ3n) is 4.51. The molecule has 6 nitrogen and oxygen atoms in total. The van der Waals surface area contributed by atoms with Crippen molar-refractivity contribution < 1.29 is 27.2 Å². The Labute approximate surface area is 187 Å². The fourth-order valence-electron chi connectivity index (χ4n) is 2.97. The van der Waals surface area contributed by atoms with E-state index in [1.165, 1.54) is 41.3 Å². The van der Waals surface area contributed by atoms with Crippen molar-refractivity contribution in [2.24, 2.45) is 0 Å². The van der Waals surface area contributed by atoms with Gasteiger partial charge in [0.15, 0.2) is 0 Å². The number of rotatable bonds is 6. The highest BCUT2D eigenvalue weighted by atomic mass is 19.4. The molecule has 0 aliphatic rings. The highest BCUT2D eigenvalue weighted by Crippen LogP contribution is 2.34. The lowest BCUT2D eigenvalue weighted by Crippen LogP contribution is -2.42. The quantitative estimate of drug-likeness (QED) is 0.413. The van der Waals surface area contributed by atoms with Crippen LogP contribution in [0, 0.1) is 5.82 Å². The number of urea groups is 2. The normalized spacial score (nSPS) is 10.9. The number of anilines is 3. The van der Waals surface area contributed by atoms with Crippen LogP contribution in [0.2, 0.25) is 0 Å². The lowest BCUT2D eigenvalue weighted by atomic mass is 10.1. The lowest BCUT2D eigenvalue weighted by Gasteiger charge is -2.23. The monoisotopic (exact) mass is 460 g/mol. The molecule has 0 fully saturated rings. The molecule has 0 saturated carbocycles. The minimum Gasteiger partial charge on any atom is -0.336 e. The second-order valence-corrected chi connectivity index (χ2v) is 6.85. The van der Waals surface area contributed by atoms with Gasteiger partial charge in [-0.05, 0) is 48.5 Å². The average Bonchev–Trinajstić information content (AvgIpc) is 2.78. The van der Waals surface area contributed by atoms with Crippen molar-refractivity contribution in [1.29, 1.82) is 0 Å². The largest absolute Gasteiger partial charge is 0.418 e. The first-order valence-electron chi connectivity index (χ1n) is 9.84. The number of para-hydroxylation sites is 2. The number of carbonyl (C=O) groups excluding carboxylic acids is 2. The molecule has 4 amide bonds. The maximum atomic E-state index is 13.3. The summed E-state index contributed by atoms with van der Waals surface area (Å²) in [5.41, 5.74) is -0.464. The third-order valence-corrected chi connectivity index (χ3v) is 4.51. The van der Waals surface area contributed by atoms with E-state index in [1.807, 2.05) is 0 Å². The number of carbonyl (C=O) groups is 2. The molecule has 0 atom stereocenters. The summed E-state index contributed by atoms with van der Waals surface area (Å²) in [5, 5.41) is 7.29. The fraction of sp³-hybridized carbons (Fsp3) is 0.130. The SMILES string of the molecule is O=C(NCCN(C(=O)Nc1ccccc1)c1ccc(F)cc1)Nc1ccccc1C(F)(F)F. The van der Waals surface area contributed by atoms with E-state index in [0.29, 0.717) is 11.4 Å². The van der Waals surface area contributed by atoms with Gasteiger partial charge in [0.05, 0.1) is 11.3 Å². The van der Waals surface area contributed by atoms with Crippen molar-refractivity contribution in [2.45, 2.75) is 6.18 Å². The second kappa shape index (κ2) is 10.5. The minimum absolute atomic E-state index is 0.0291.